The lowest BCUT2D eigenvalue weighted by molar-refractivity contribution is -0.0971. The molecule has 1 aromatic rings. The Morgan fingerprint density at radius 2 is 2.21 bits per heavy atom. The zero-order valence-electron chi connectivity index (χ0n) is 15.0. The van der Waals surface area contributed by atoms with E-state index in [1.807, 2.05) is 11.7 Å². The molecule has 1 fully saturated rings. The van der Waals surface area contributed by atoms with Gasteiger partial charge in [0.15, 0.2) is 11.8 Å². The predicted molar refractivity (Wildman–Crippen MR) is 105 cm³/mol. The lowest BCUT2D eigenvalue weighted by atomic mass is 9.89. The van der Waals surface area contributed by atoms with Crippen molar-refractivity contribution in [1.82, 2.24) is 25.4 Å². The van der Waals surface area contributed by atoms with E-state index in [1.54, 1.807) is 0 Å². The van der Waals surface area contributed by atoms with E-state index in [4.69, 9.17) is 4.74 Å². The number of halogens is 1. The molecule has 136 valence electrons. The summed E-state index contributed by atoms with van der Waals surface area (Å²) >= 11 is 0. The molecular weight excluding hydrogens is 419 g/mol. The number of aromatic nitrogens is 3. The summed E-state index contributed by atoms with van der Waals surface area (Å²) in [5.74, 6) is 3.28. The third-order valence-corrected chi connectivity index (χ3v) is 4.54. The fourth-order valence-electron chi connectivity index (χ4n) is 2.93. The first-order chi connectivity index (χ1) is 11.0. The van der Waals surface area contributed by atoms with Gasteiger partial charge in [0, 0.05) is 37.4 Å². The van der Waals surface area contributed by atoms with Crippen molar-refractivity contribution in [1.29, 1.82) is 0 Å². The molecule has 7 nitrogen and oxygen atoms in total. The summed E-state index contributed by atoms with van der Waals surface area (Å²) in [6.45, 7) is 9.86. The molecule has 1 aromatic heterocycles. The molecule has 0 aromatic carbocycles. The molecule has 0 aliphatic carbocycles. The Labute approximate surface area is 161 Å². The summed E-state index contributed by atoms with van der Waals surface area (Å²) < 4.78 is 7.34. The molecule has 0 radical (unpaired) electrons. The van der Waals surface area contributed by atoms with Crippen LogP contribution >= 0.6 is 24.0 Å². The normalized spacial score (nSPS) is 22.4. The molecule has 0 amide bonds. The minimum absolute atomic E-state index is 0. The van der Waals surface area contributed by atoms with Crippen LogP contribution in [-0.4, -0.2) is 53.6 Å². The maximum Gasteiger partial charge on any atom is 0.191 e. The standard InChI is InChI=1S/C16H28N6O.HI/c1-11(2)14-20-13-6-5-12(7-22(13)21-14)19-15(17-4)18-8-16(3)9-23-10-16;/h11-12H,5-10H2,1-4H3,(H2,17,18,19);1H. The van der Waals surface area contributed by atoms with Gasteiger partial charge in [-0.2, -0.15) is 5.10 Å². The maximum absolute atomic E-state index is 5.30. The highest BCUT2D eigenvalue weighted by molar-refractivity contribution is 14.0. The van der Waals surface area contributed by atoms with Crippen LogP contribution in [0.5, 0.6) is 0 Å². The molecule has 0 spiro atoms. The summed E-state index contributed by atoms with van der Waals surface area (Å²) in [5, 5.41) is 11.6. The van der Waals surface area contributed by atoms with Crippen LogP contribution < -0.4 is 10.6 Å². The van der Waals surface area contributed by atoms with Gasteiger partial charge in [-0.05, 0) is 6.42 Å². The largest absolute Gasteiger partial charge is 0.380 e. The van der Waals surface area contributed by atoms with Crippen molar-refractivity contribution >= 4 is 29.9 Å². The van der Waals surface area contributed by atoms with Crippen molar-refractivity contribution in [2.24, 2.45) is 10.4 Å². The van der Waals surface area contributed by atoms with E-state index in [2.05, 4.69) is 46.5 Å². The molecule has 0 saturated carbocycles. The van der Waals surface area contributed by atoms with Crippen LogP contribution in [0.2, 0.25) is 0 Å². The van der Waals surface area contributed by atoms with Gasteiger partial charge in [0.05, 0.1) is 19.8 Å². The van der Waals surface area contributed by atoms with Gasteiger partial charge in [0.1, 0.15) is 5.82 Å². The molecule has 2 aliphatic rings. The Morgan fingerprint density at radius 3 is 2.79 bits per heavy atom. The molecule has 3 rings (SSSR count). The second-order valence-corrected chi connectivity index (χ2v) is 7.33. The number of nitrogens with one attached hydrogen (secondary N) is 2. The van der Waals surface area contributed by atoms with Crippen LogP contribution in [0.25, 0.3) is 0 Å². The van der Waals surface area contributed by atoms with Crippen molar-refractivity contribution in [3.63, 3.8) is 0 Å². The fourth-order valence-corrected chi connectivity index (χ4v) is 2.93. The fraction of sp³-hybridized carbons (Fsp3) is 0.812. The third-order valence-electron chi connectivity index (χ3n) is 4.54. The number of hydrogen-bond acceptors (Lipinski definition) is 4. The highest BCUT2D eigenvalue weighted by atomic mass is 127. The molecule has 2 aliphatic heterocycles. The molecule has 8 heteroatoms. The van der Waals surface area contributed by atoms with Gasteiger partial charge in [-0.1, -0.05) is 20.8 Å². The van der Waals surface area contributed by atoms with Gasteiger partial charge < -0.3 is 15.4 Å². The molecule has 2 N–H and O–H groups in total. The van der Waals surface area contributed by atoms with Crippen LogP contribution in [0.1, 0.15) is 44.8 Å². The van der Waals surface area contributed by atoms with Crippen LogP contribution in [0.3, 0.4) is 0 Å². The lowest BCUT2D eigenvalue weighted by Crippen LogP contribution is -2.53. The van der Waals surface area contributed by atoms with E-state index in [0.717, 1.165) is 56.8 Å². The summed E-state index contributed by atoms with van der Waals surface area (Å²) in [4.78, 5) is 8.98. The quantitative estimate of drug-likeness (QED) is 0.415. The maximum atomic E-state index is 5.30. The average molecular weight is 448 g/mol. The summed E-state index contributed by atoms with van der Waals surface area (Å²) in [6, 6.07) is 0.334. The van der Waals surface area contributed by atoms with Crippen LogP contribution in [0.15, 0.2) is 4.99 Å². The minimum Gasteiger partial charge on any atom is -0.380 e. The number of aliphatic imine (C=N–C) groups is 1. The average Bonchev–Trinajstić information content (AvgIpc) is 2.93. The molecule has 24 heavy (non-hydrogen) atoms. The van der Waals surface area contributed by atoms with Gasteiger partial charge in [0.25, 0.3) is 0 Å². The molecular formula is C16H29IN6O. The Hall–Kier alpha value is -0.900. The number of hydrogen-bond donors (Lipinski definition) is 2. The van der Waals surface area contributed by atoms with E-state index < -0.39 is 0 Å². The Bertz CT molecular complexity index is 581. The van der Waals surface area contributed by atoms with Gasteiger partial charge in [-0.25, -0.2) is 9.67 Å². The van der Waals surface area contributed by atoms with Crippen molar-refractivity contribution in [3.8, 4) is 0 Å². The second kappa shape index (κ2) is 7.99. The third kappa shape index (κ3) is 4.38. The van der Waals surface area contributed by atoms with E-state index in [9.17, 15) is 0 Å². The van der Waals surface area contributed by atoms with E-state index in [1.165, 1.54) is 0 Å². The number of fused-ring (bicyclic) bond motifs is 1. The smallest absolute Gasteiger partial charge is 0.191 e. The predicted octanol–water partition coefficient (Wildman–Crippen LogP) is 1.54. The first kappa shape index (κ1) is 19.4. The number of guanidine groups is 1. The SMILES string of the molecule is CN=C(NCC1(C)COC1)NC1CCc2nc(C(C)C)nn2C1.I. The Morgan fingerprint density at radius 1 is 1.46 bits per heavy atom. The van der Waals surface area contributed by atoms with Gasteiger partial charge in [-0.3, -0.25) is 4.99 Å². The topological polar surface area (TPSA) is 76.4 Å². The zero-order chi connectivity index (χ0) is 16.4. The summed E-state index contributed by atoms with van der Waals surface area (Å²) in [6.07, 6.45) is 2.01. The van der Waals surface area contributed by atoms with E-state index >= 15 is 0 Å². The minimum atomic E-state index is 0. The number of aryl methyl sites for hydroxylation is 1. The molecule has 0 bridgehead atoms. The van der Waals surface area contributed by atoms with E-state index in [-0.39, 0.29) is 29.4 Å². The van der Waals surface area contributed by atoms with Crippen molar-refractivity contribution in [2.45, 2.75) is 52.1 Å². The highest BCUT2D eigenvalue weighted by Crippen LogP contribution is 2.25. The Balaban J connectivity index is 0.00000208. The number of rotatable bonds is 4. The van der Waals surface area contributed by atoms with Gasteiger partial charge in [0.2, 0.25) is 0 Å². The van der Waals surface area contributed by atoms with Gasteiger partial charge >= 0.3 is 0 Å². The number of ether oxygens (including phenoxy) is 1. The summed E-state index contributed by atoms with van der Waals surface area (Å²) in [5.41, 5.74) is 0.232. The van der Waals surface area contributed by atoms with Crippen LogP contribution in [0, 0.1) is 5.41 Å². The first-order valence-corrected chi connectivity index (χ1v) is 8.48. The Kier molecular flexibility index (Phi) is 6.46. The monoisotopic (exact) mass is 448 g/mol. The molecule has 1 unspecified atom stereocenters. The zero-order valence-corrected chi connectivity index (χ0v) is 17.3. The van der Waals surface area contributed by atoms with Crippen LogP contribution in [0.4, 0.5) is 0 Å². The lowest BCUT2D eigenvalue weighted by Gasteiger charge is -2.38. The number of nitrogens with zero attached hydrogens (tertiary/aromatic N) is 4. The van der Waals surface area contributed by atoms with Crippen molar-refractivity contribution in [2.75, 3.05) is 26.8 Å². The summed E-state index contributed by atoms with van der Waals surface area (Å²) in [7, 11) is 1.82. The molecule has 1 atom stereocenters. The second-order valence-electron chi connectivity index (χ2n) is 7.33. The molecule has 3 heterocycles. The van der Waals surface area contributed by atoms with Crippen molar-refractivity contribution in [3.05, 3.63) is 11.6 Å². The van der Waals surface area contributed by atoms with Gasteiger partial charge in [-0.15, -0.1) is 24.0 Å². The molecule has 1 saturated heterocycles. The van der Waals surface area contributed by atoms with Crippen LogP contribution in [-0.2, 0) is 17.7 Å². The van der Waals surface area contributed by atoms with E-state index in [0.29, 0.717) is 12.0 Å². The first-order valence-electron chi connectivity index (χ1n) is 8.48. The van der Waals surface area contributed by atoms with Crippen molar-refractivity contribution < 1.29 is 4.74 Å². The highest BCUT2D eigenvalue weighted by Gasteiger charge is 2.33.